The van der Waals surface area contributed by atoms with Gasteiger partial charge in [0.25, 0.3) is 0 Å². The summed E-state index contributed by atoms with van der Waals surface area (Å²) in [5, 5.41) is 14.0. The molecule has 0 amide bonds. The molecule has 0 saturated carbocycles. The van der Waals surface area contributed by atoms with Crippen molar-refractivity contribution in [3.05, 3.63) is 16.3 Å². The first-order valence-corrected chi connectivity index (χ1v) is 5.54. The van der Waals surface area contributed by atoms with Crippen molar-refractivity contribution in [2.75, 3.05) is 18.9 Å². The minimum Gasteiger partial charge on any atom is -0.344 e. The number of rotatable bonds is 2. The zero-order valence-electron chi connectivity index (χ0n) is 8.88. The number of anilines is 1. The molecule has 1 N–H and O–H groups in total. The molecule has 0 bridgehead atoms. The van der Waals surface area contributed by atoms with Crippen molar-refractivity contribution in [2.24, 2.45) is 4.99 Å². The summed E-state index contributed by atoms with van der Waals surface area (Å²) in [6.07, 6.45) is 1.24. The van der Waals surface area contributed by atoms with E-state index in [-0.39, 0.29) is 11.0 Å². The lowest BCUT2D eigenvalue weighted by molar-refractivity contribution is -0.380. The van der Waals surface area contributed by atoms with E-state index in [4.69, 9.17) is 0 Å². The van der Waals surface area contributed by atoms with Crippen molar-refractivity contribution in [2.45, 2.75) is 13.0 Å². The van der Waals surface area contributed by atoms with Crippen molar-refractivity contribution < 1.29 is 4.92 Å². The van der Waals surface area contributed by atoms with E-state index in [1.54, 1.807) is 0 Å². The van der Waals surface area contributed by atoms with Gasteiger partial charge in [-0.2, -0.15) is 0 Å². The second-order valence-electron chi connectivity index (χ2n) is 3.57. The molecule has 16 heavy (non-hydrogen) atoms. The molecule has 0 aliphatic carbocycles. The second-order valence-corrected chi connectivity index (χ2v) is 4.58. The standard InChI is InChI=1S/C8H11N5O2S/c1-5-4-12(2)7(10-5)11-8-9-3-6(16-8)13(14)15/h3,5H,4H2,1-2H3,(H,9,10,11). The summed E-state index contributed by atoms with van der Waals surface area (Å²) in [4.78, 5) is 20.2. The van der Waals surface area contributed by atoms with Crippen molar-refractivity contribution in [1.29, 1.82) is 0 Å². The molecule has 0 spiro atoms. The van der Waals surface area contributed by atoms with Crippen LogP contribution in [0, 0.1) is 10.1 Å². The Balaban J connectivity index is 2.09. The Kier molecular flexibility index (Phi) is 2.73. The van der Waals surface area contributed by atoms with Gasteiger partial charge in [-0.25, -0.2) is 9.98 Å². The minimum atomic E-state index is -0.453. The van der Waals surface area contributed by atoms with Gasteiger partial charge in [0, 0.05) is 13.6 Å². The van der Waals surface area contributed by atoms with Crippen LogP contribution in [0.2, 0.25) is 0 Å². The predicted octanol–water partition coefficient (Wildman–Crippen LogP) is 1.15. The first-order chi connectivity index (χ1) is 7.56. The Morgan fingerprint density at radius 3 is 3.00 bits per heavy atom. The van der Waals surface area contributed by atoms with Crippen LogP contribution in [0.25, 0.3) is 0 Å². The molecule has 0 fully saturated rings. The first-order valence-electron chi connectivity index (χ1n) is 4.72. The maximum Gasteiger partial charge on any atom is 0.345 e. The van der Waals surface area contributed by atoms with Crippen molar-refractivity contribution in [1.82, 2.24) is 9.88 Å². The van der Waals surface area contributed by atoms with Crippen LogP contribution in [0.1, 0.15) is 6.92 Å². The van der Waals surface area contributed by atoms with E-state index in [1.807, 2.05) is 18.9 Å². The van der Waals surface area contributed by atoms with Gasteiger partial charge >= 0.3 is 5.00 Å². The summed E-state index contributed by atoms with van der Waals surface area (Å²) in [7, 11) is 1.91. The fraction of sp³-hybridized carbons (Fsp3) is 0.500. The highest BCUT2D eigenvalue weighted by molar-refractivity contribution is 7.18. The van der Waals surface area contributed by atoms with Gasteiger partial charge in [-0.1, -0.05) is 0 Å². The Labute approximate surface area is 96.0 Å². The Morgan fingerprint density at radius 1 is 1.75 bits per heavy atom. The zero-order valence-corrected chi connectivity index (χ0v) is 9.69. The number of aliphatic imine (C=N–C) groups is 1. The van der Waals surface area contributed by atoms with Gasteiger partial charge in [0.15, 0.2) is 11.1 Å². The van der Waals surface area contributed by atoms with Gasteiger partial charge in [-0.05, 0) is 18.3 Å². The molecule has 7 nitrogen and oxygen atoms in total. The van der Waals surface area contributed by atoms with Gasteiger partial charge in [0.2, 0.25) is 0 Å². The number of nitrogens with zero attached hydrogens (tertiary/aromatic N) is 4. The summed E-state index contributed by atoms with van der Waals surface area (Å²) < 4.78 is 0. The lowest BCUT2D eigenvalue weighted by atomic mass is 10.4. The maximum absolute atomic E-state index is 10.5. The predicted molar refractivity (Wildman–Crippen MR) is 61.9 cm³/mol. The number of likely N-dealkylation sites (N-methyl/N-ethyl adjacent to an activating group) is 1. The SMILES string of the molecule is CC1CN(C)C(Nc2ncc([N+](=O)[O-])s2)=N1. The molecule has 1 aliphatic rings. The van der Waals surface area contributed by atoms with Gasteiger partial charge in [-0.15, -0.1) is 0 Å². The van der Waals surface area contributed by atoms with Crippen LogP contribution in [0.4, 0.5) is 10.1 Å². The quantitative estimate of drug-likeness (QED) is 0.620. The van der Waals surface area contributed by atoms with Gasteiger partial charge in [-0.3, -0.25) is 10.1 Å². The van der Waals surface area contributed by atoms with Crippen LogP contribution < -0.4 is 5.32 Å². The third-order valence-corrected chi connectivity index (χ3v) is 3.00. The molecular weight excluding hydrogens is 230 g/mol. The van der Waals surface area contributed by atoms with Crippen molar-refractivity contribution in [3.8, 4) is 0 Å². The Bertz CT molecular complexity index is 443. The monoisotopic (exact) mass is 241 g/mol. The third kappa shape index (κ3) is 2.11. The summed E-state index contributed by atoms with van der Waals surface area (Å²) in [6, 6.07) is 0.238. The summed E-state index contributed by atoms with van der Waals surface area (Å²) in [5.74, 6) is 0.705. The number of hydrogen-bond donors (Lipinski definition) is 1. The summed E-state index contributed by atoms with van der Waals surface area (Å²) in [6.45, 7) is 2.85. The molecule has 2 rings (SSSR count). The van der Waals surface area contributed by atoms with E-state index in [2.05, 4.69) is 15.3 Å². The molecule has 2 heterocycles. The molecule has 1 atom stereocenters. The van der Waals surface area contributed by atoms with Crippen LogP contribution >= 0.6 is 11.3 Å². The van der Waals surface area contributed by atoms with Gasteiger partial charge in [0.1, 0.15) is 6.20 Å². The lowest BCUT2D eigenvalue weighted by Gasteiger charge is -2.13. The van der Waals surface area contributed by atoms with Crippen LogP contribution in [-0.4, -0.2) is 40.4 Å². The highest BCUT2D eigenvalue weighted by Crippen LogP contribution is 2.25. The first kappa shape index (κ1) is 10.8. The maximum atomic E-state index is 10.5. The summed E-state index contributed by atoms with van der Waals surface area (Å²) >= 11 is 1.00. The fourth-order valence-electron chi connectivity index (χ4n) is 1.46. The molecule has 1 aliphatic heterocycles. The van der Waals surface area contributed by atoms with E-state index >= 15 is 0 Å². The second kappa shape index (κ2) is 4.05. The molecular formula is C8H11N5O2S. The third-order valence-electron chi connectivity index (χ3n) is 2.13. The highest BCUT2D eigenvalue weighted by Gasteiger charge is 2.20. The van der Waals surface area contributed by atoms with E-state index in [0.29, 0.717) is 11.1 Å². The van der Waals surface area contributed by atoms with Gasteiger partial charge < -0.3 is 10.2 Å². The average Bonchev–Trinajstić information content (AvgIpc) is 2.75. The van der Waals surface area contributed by atoms with Crippen LogP contribution in [0.5, 0.6) is 0 Å². The average molecular weight is 241 g/mol. The fourth-order valence-corrected chi connectivity index (χ4v) is 2.09. The largest absolute Gasteiger partial charge is 0.345 e. The minimum absolute atomic E-state index is 0.0248. The lowest BCUT2D eigenvalue weighted by Crippen LogP contribution is -2.29. The number of nitrogens with one attached hydrogen (secondary N) is 1. The van der Waals surface area contributed by atoms with E-state index < -0.39 is 4.92 Å². The molecule has 0 radical (unpaired) electrons. The number of thiazole rings is 1. The molecule has 86 valence electrons. The van der Waals surface area contributed by atoms with Crippen LogP contribution in [-0.2, 0) is 0 Å². The zero-order chi connectivity index (χ0) is 11.7. The Morgan fingerprint density at radius 2 is 2.50 bits per heavy atom. The smallest absolute Gasteiger partial charge is 0.344 e. The molecule has 0 aromatic carbocycles. The molecule has 1 aromatic rings. The van der Waals surface area contributed by atoms with Crippen LogP contribution in [0.3, 0.4) is 0 Å². The van der Waals surface area contributed by atoms with Gasteiger partial charge in [0.05, 0.1) is 11.0 Å². The molecule has 0 saturated heterocycles. The van der Waals surface area contributed by atoms with Crippen LogP contribution in [0.15, 0.2) is 11.2 Å². The molecule has 8 heteroatoms. The molecule has 1 unspecified atom stereocenters. The topological polar surface area (TPSA) is 83.7 Å². The number of nitro groups is 1. The number of hydrogen-bond acceptors (Lipinski definition) is 7. The van der Waals surface area contributed by atoms with Crippen molar-refractivity contribution >= 4 is 27.4 Å². The van der Waals surface area contributed by atoms with E-state index in [1.165, 1.54) is 6.20 Å². The number of guanidine groups is 1. The van der Waals surface area contributed by atoms with E-state index in [0.717, 1.165) is 17.9 Å². The summed E-state index contributed by atoms with van der Waals surface area (Å²) in [5.41, 5.74) is 0. The number of aromatic nitrogens is 1. The normalized spacial score (nSPS) is 19.8. The molecule has 1 aromatic heterocycles. The Hall–Kier alpha value is -1.70. The van der Waals surface area contributed by atoms with Crippen molar-refractivity contribution in [3.63, 3.8) is 0 Å². The highest BCUT2D eigenvalue weighted by atomic mass is 32.1. The van der Waals surface area contributed by atoms with E-state index in [9.17, 15) is 10.1 Å².